The molecule has 0 aliphatic heterocycles. The van der Waals surface area contributed by atoms with Gasteiger partial charge in [0.25, 0.3) is 0 Å². The highest BCUT2D eigenvalue weighted by atomic mass is 19.1. The minimum Gasteiger partial charge on any atom is -0.505 e. The molecule has 2 unspecified atom stereocenters. The highest BCUT2D eigenvalue weighted by molar-refractivity contribution is 5.70. The van der Waals surface area contributed by atoms with Crippen molar-refractivity contribution < 1.29 is 19.4 Å². The molecule has 5 heteroatoms. The number of halogens is 1. The van der Waals surface area contributed by atoms with Gasteiger partial charge in [-0.1, -0.05) is 12.5 Å². The monoisotopic (exact) mass is 267 g/mol. The van der Waals surface area contributed by atoms with Gasteiger partial charge in [0.15, 0.2) is 11.6 Å². The summed E-state index contributed by atoms with van der Waals surface area (Å²) in [6.07, 6.45) is 2.63. The molecular formula is C14H18FNO3. The molecule has 2 atom stereocenters. The third-order valence-electron chi connectivity index (χ3n) is 3.72. The van der Waals surface area contributed by atoms with E-state index in [9.17, 15) is 9.18 Å². The molecule has 104 valence electrons. The number of aromatic hydroxyl groups is 1. The summed E-state index contributed by atoms with van der Waals surface area (Å²) in [5.41, 5.74) is 0.736. The molecule has 1 saturated carbocycles. The van der Waals surface area contributed by atoms with Crippen molar-refractivity contribution in [3.63, 3.8) is 0 Å². The molecule has 0 heterocycles. The number of aliphatic carboxylic acids is 1. The SMILES string of the molecule is O=C(O)C1CCCC1CNCc1ccc(O)c(F)c1. The van der Waals surface area contributed by atoms with Crippen LogP contribution in [0.3, 0.4) is 0 Å². The van der Waals surface area contributed by atoms with Crippen LogP contribution in [0.5, 0.6) is 5.75 Å². The van der Waals surface area contributed by atoms with Gasteiger partial charge in [0, 0.05) is 6.54 Å². The fourth-order valence-electron chi connectivity index (χ4n) is 2.67. The molecule has 2 rings (SSSR count). The normalized spacial score (nSPS) is 22.6. The van der Waals surface area contributed by atoms with Crippen LogP contribution in [0.25, 0.3) is 0 Å². The van der Waals surface area contributed by atoms with Gasteiger partial charge in [-0.3, -0.25) is 4.79 Å². The van der Waals surface area contributed by atoms with Crippen LogP contribution in [-0.2, 0) is 11.3 Å². The number of carbonyl (C=O) groups is 1. The van der Waals surface area contributed by atoms with Crippen molar-refractivity contribution in [1.82, 2.24) is 5.32 Å². The van der Waals surface area contributed by atoms with Crippen molar-refractivity contribution in [1.29, 1.82) is 0 Å². The Morgan fingerprint density at radius 3 is 2.89 bits per heavy atom. The largest absolute Gasteiger partial charge is 0.505 e. The van der Waals surface area contributed by atoms with Crippen LogP contribution < -0.4 is 5.32 Å². The highest BCUT2D eigenvalue weighted by Crippen LogP contribution is 2.31. The van der Waals surface area contributed by atoms with E-state index in [0.29, 0.717) is 13.1 Å². The number of benzene rings is 1. The number of phenols is 1. The molecule has 0 radical (unpaired) electrons. The van der Waals surface area contributed by atoms with E-state index in [1.165, 1.54) is 12.1 Å². The molecule has 0 bridgehead atoms. The number of nitrogens with one attached hydrogen (secondary N) is 1. The van der Waals surface area contributed by atoms with Gasteiger partial charge in [-0.25, -0.2) is 4.39 Å². The summed E-state index contributed by atoms with van der Waals surface area (Å²) in [5, 5.41) is 21.3. The molecular weight excluding hydrogens is 249 g/mol. The molecule has 1 aliphatic rings. The lowest BCUT2D eigenvalue weighted by Gasteiger charge is -2.16. The predicted octanol–water partition coefficient (Wildman–Crippen LogP) is 2.12. The fraction of sp³-hybridized carbons (Fsp3) is 0.500. The predicted molar refractivity (Wildman–Crippen MR) is 68.2 cm³/mol. The van der Waals surface area contributed by atoms with Gasteiger partial charge >= 0.3 is 5.97 Å². The lowest BCUT2D eigenvalue weighted by Crippen LogP contribution is -2.28. The summed E-state index contributed by atoms with van der Waals surface area (Å²) in [5.74, 6) is -1.82. The molecule has 0 spiro atoms. The van der Waals surface area contributed by atoms with Crippen LogP contribution in [0.2, 0.25) is 0 Å². The maximum Gasteiger partial charge on any atom is 0.306 e. The molecule has 0 aromatic heterocycles. The lowest BCUT2D eigenvalue weighted by molar-refractivity contribution is -0.142. The molecule has 0 amide bonds. The zero-order chi connectivity index (χ0) is 13.8. The van der Waals surface area contributed by atoms with Gasteiger partial charge in [-0.15, -0.1) is 0 Å². The van der Waals surface area contributed by atoms with Gasteiger partial charge < -0.3 is 15.5 Å². The van der Waals surface area contributed by atoms with E-state index in [0.717, 1.165) is 24.8 Å². The molecule has 0 saturated heterocycles. The average molecular weight is 267 g/mol. The topological polar surface area (TPSA) is 69.6 Å². The Morgan fingerprint density at radius 1 is 1.42 bits per heavy atom. The third-order valence-corrected chi connectivity index (χ3v) is 3.72. The standard InChI is InChI=1S/C14H18FNO3/c15-12-6-9(4-5-13(12)17)7-16-8-10-2-1-3-11(10)14(18)19/h4-6,10-11,16-17H,1-3,7-8H2,(H,18,19). The van der Waals surface area contributed by atoms with E-state index in [1.54, 1.807) is 6.07 Å². The van der Waals surface area contributed by atoms with Crippen molar-refractivity contribution in [2.24, 2.45) is 11.8 Å². The van der Waals surface area contributed by atoms with Gasteiger partial charge in [0.1, 0.15) is 0 Å². The summed E-state index contributed by atoms with van der Waals surface area (Å²) in [7, 11) is 0. The van der Waals surface area contributed by atoms with Crippen molar-refractivity contribution in [2.45, 2.75) is 25.8 Å². The summed E-state index contributed by atoms with van der Waals surface area (Å²) in [6.45, 7) is 1.10. The highest BCUT2D eigenvalue weighted by Gasteiger charge is 2.32. The first-order valence-electron chi connectivity index (χ1n) is 6.49. The molecule has 1 fully saturated rings. The summed E-state index contributed by atoms with van der Waals surface area (Å²) in [6, 6.07) is 4.25. The Hall–Kier alpha value is -1.62. The quantitative estimate of drug-likeness (QED) is 0.764. The van der Waals surface area contributed by atoms with Crippen molar-refractivity contribution in [3.8, 4) is 5.75 Å². The first-order valence-corrected chi connectivity index (χ1v) is 6.49. The van der Waals surface area contributed by atoms with Gasteiger partial charge in [-0.05, 0) is 43.0 Å². The first kappa shape index (κ1) is 13.8. The number of carboxylic acids is 1. The summed E-state index contributed by atoms with van der Waals surface area (Å²) >= 11 is 0. The zero-order valence-electron chi connectivity index (χ0n) is 10.6. The van der Waals surface area contributed by atoms with Crippen LogP contribution in [0.1, 0.15) is 24.8 Å². The van der Waals surface area contributed by atoms with E-state index in [2.05, 4.69) is 5.32 Å². The van der Waals surface area contributed by atoms with E-state index in [-0.39, 0.29) is 17.6 Å². The number of hydrogen-bond donors (Lipinski definition) is 3. The van der Waals surface area contributed by atoms with Gasteiger partial charge in [-0.2, -0.15) is 0 Å². The molecule has 1 aromatic rings. The molecule has 19 heavy (non-hydrogen) atoms. The Labute approximate surface area is 111 Å². The molecule has 4 nitrogen and oxygen atoms in total. The second kappa shape index (κ2) is 6.02. The zero-order valence-corrected chi connectivity index (χ0v) is 10.6. The van der Waals surface area contributed by atoms with E-state index >= 15 is 0 Å². The minimum atomic E-state index is -0.722. The Bertz CT molecular complexity index is 464. The molecule has 3 N–H and O–H groups in total. The second-order valence-electron chi connectivity index (χ2n) is 5.05. The first-order chi connectivity index (χ1) is 9.08. The van der Waals surface area contributed by atoms with Crippen molar-refractivity contribution in [2.75, 3.05) is 6.54 Å². The van der Waals surface area contributed by atoms with E-state index in [1.807, 2.05) is 0 Å². The Balaban J connectivity index is 1.83. The van der Waals surface area contributed by atoms with Crippen LogP contribution in [0.4, 0.5) is 4.39 Å². The van der Waals surface area contributed by atoms with Gasteiger partial charge in [0.2, 0.25) is 0 Å². The van der Waals surface area contributed by atoms with Crippen molar-refractivity contribution in [3.05, 3.63) is 29.6 Å². The van der Waals surface area contributed by atoms with Crippen molar-refractivity contribution >= 4 is 5.97 Å². The summed E-state index contributed by atoms with van der Waals surface area (Å²) < 4.78 is 13.1. The van der Waals surface area contributed by atoms with Crippen LogP contribution in [0.15, 0.2) is 18.2 Å². The average Bonchev–Trinajstić information content (AvgIpc) is 2.82. The lowest BCUT2D eigenvalue weighted by atomic mass is 9.96. The number of phenolic OH excluding ortho intramolecular Hbond substituents is 1. The summed E-state index contributed by atoms with van der Waals surface area (Å²) in [4.78, 5) is 11.0. The Kier molecular flexibility index (Phi) is 4.37. The third kappa shape index (κ3) is 3.44. The smallest absolute Gasteiger partial charge is 0.306 e. The van der Waals surface area contributed by atoms with E-state index < -0.39 is 11.8 Å². The minimum absolute atomic E-state index is 0.152. The molecule has 1 aromatic carbocycles. The second-order valence-corrected chi connectivity index (χ2v) is 5.05. The van der Waals surface area contributed by atoms with Crippen LogP contribution >= 0.6 is 0 Å². The van der Waals surface area contributed by atoms with Crippen LogP contribution in [0, 0.1) is 17.7 Å². The molecule has 1 aliphatic carbocycles. The maximum absolute atomic E-state index is 13.1. The maximum atomic E-state index is 13.1. The number of carboxylic acid groups (broad SMARTS) is 1. The Morgan fingerprint density at radius 2 is 2.21 bits per heavy atom. The van der Waals surface area contributed by atoms with Crippen LogP contribution in [-0.4, -0.2) is 22.7 Å². The fourth-order valence-corrected chi connectivity index (χ4v) is 2.67. The number of rotatable bonds is 5. The van der Waals surface area contributed by atoms with E-state index in [4.69, 9.17) is 10.2 Å². The van der Waals surface area contributed by atoms with Gasteiger partial charge in [0.05, 0.1) is 5.92 Å². The number of hydrogen-bond acceptors (Lipinski definition) is 3.